The maximum absolute atomic E-state index is 13.1. The lowest BCUT2D eigenvalue weighted by Crippen LogP contribution is -3.14. The first-order chi connectivity index (χ1) is 13.7. The largest absolute Gasteiger partial charge is 0.321 e. The van der Waals surface area contributed by atoms with E-state index in [0.717, 1.165) is 31.5 Å². The second-order valence-electron chi connectivity index (χ2n) is 7.29. The Morgan fingerprint density at radius 3 is 2.54 bits per heavy atom. The molecule has 0 radical (unpaired) electrons. The summed E-state index contributed by atoms with van der Waals surface area (Å²) in [6.07, 6.45) is 2.91. The van der Waals surface area contributed by atoms with Gasteiger partial charge in [-0.1, -0.05) is 38.1 Å². The fourth-order valence-electron chi connectivity index (χ4n) is 4.24. The molecule has 2 N–H and O–H groups in total. The van der Waals surface area contributed by atoms with Crippen LogP contribution in [-0.2, 0) is 24.1 Å². The average molecular weight is 412 g/mol. The van der Waals surface area contributed by atoms with Gasteiger partial charge in [0.2, 0.25) is 0 Å². The van der Waals surface area contributed by atoms with Gasteiger partial charge < -0.3 is 10.2 Å². The fraction of sp³-hybridized carbons (Fsp3) is 0.348. The summed E-state index contributed by atoms with van der Waals surface area (Å²) in [7, 11) is 0. The molecule has 2 atom stereocenters. The minimum atomic E-state index is 0.117. The van der Waals surface area contributed by atoms with Crippen LogP contribution in [0.3, 0.4) is 0 Å². The normalized spacial score (nSPS) is 18.6. The van der Waals surface area contributed by atoms with Crippen molar-refractivity contribution in [1.82, 2.24) is 0 Å². The van der Waals surface area contributed by atoms with E-state index in [1.807, 2.05) is 11.3 Å². The van der Waals surface area contributed by atoms with Gasteiger partial charge in [0.05, 0.1) is 11.4 Å². The van der Waals surface area contributed by atoms with Gasteiger partial charge >= 0.3 is 0 Å². The number of benzene rings is 1. The first kappa shape index (κ1) is 19.4. The van der Waals surface area contributed by atoms with E-state index in [2.05, 4.69) is 66.3 Å². The molecular formula is C23H27N2OS2+. The minimum Gasteiger partial charge on any atom is -0.321 e. The summed E-state index contributed by atoms with van der Waals surface area (Å²) >= 11 is 3.65. The Hall–Kier alpha value is -1.95. The lowest BCUT2D eigenvalue weighted by Gasteiger charge is -2.32. The average Bonchev–Trinajstić information content (AvgIpc) is 3.39. The molecule has 0 aliphatic carbocycles. The number of para-hydroxylation sites is 1. The number of fused-ring (bicyclic) bond motifs is 1. The summed E-state index contributed by atoms with van der Waals surface area (Å²) in [6, 6.07) is 13.2. The Labute approximate surface area is 175 Å². The van der Waals surface area contributed by atoms with Crippen molar-refractivity contribution in [2.75, 3.05) is 18.4 Å². The van der Waals surface area contributed by atoms with Crippen LogP contribution in [0.2, 0.25) is 0 Å². The topological polar surface area (TPSA) is 33.5 Å². The van der Waals surface area contributed by atoms with E-state index in [1.165, 1.54) is 31.3 Å². The van der Waals surface area contributed by atoms with Crippen molar-refractivity contribution in [2.24, 2.45) is 0 Å². The van der Waals surface area contributed by atoms with Crippen LogP contribution in [0.5, 0.6) is 0 Å². The Kier molecular flexibility index (Phi) is 5.95. The Bertz CT molecular complexity index is 923. The zero-order chi connectivity index (χ0) is 19.5. The Morgan fingerprint density at radius 1 is 1.07 bits per heavy atom. The van der Waals surface area contributed by atoms with Gasteiger partial charge in [-0.25, -0.2) is 0 Å². The molecule has 5 heteroatoms. The summed E-state index contributed by atoms with van der Waals surface area (Å²) in [4.78, 5) is 17.2. The van der Waals surface area contributed by atoms with Crippen LogP contribution in [0.15, 0.2) is 47.2 Å². The predicted molar refractivity (Wildman–Crippen MR) is 119 cm³/mol. The van der Waals surface area contributed by atoms with Crippen LogP contribution in [0.4, 0.5) is 5.69 Å². The molecule has 1 aliphatic heterocycles. The number of nitrogens with one attached hydrogen (secondary N) is 2. The SMILES string of the molecule is CCc1cccc(CC)c1NC(=O)C[NH+]1CCc2sccc2[C@H]1c1cccs1. The van der Waals surface area contributed by atoms with Crippen molar-refractivity contribution >= 4 is 34.3 Å². The zero-order valence-corrected chi connectivity index (χ0v) is 18.1. The van der Waals surface area contributed by atoms with E-state index in [-0.39, 0.29) is 11.9 Å². The molecule has 28 heavy (non-hydrogen) atoms. The van der Waals surface area contributed by atoms with E-state index in [1.54, 1.807) is 11.3 Å². The van der Waals surface area contributed by atoms with E-state index in [4.69, 9.17) is 0 Å². The number of carbonyl (C=O) groups excluding carboxylic acids is 1. The molecule has 1 aromatic carbocycles. The quantitative estimate of drug-likeness (QED) is 0.629. The number of carbonyl (C=O) groups is 1. The van der Waals surface area contributed by atoms with Gasteiger partial charge in [0.15, 0.2) is 6.54 Å². The van der Waals surface area contributed by atoms with E-state index in [9.17, 15) is 4.79 Å². The van der Waals surface area contributed by atoms with Gasteiger partial charge in [0.1, 0.15) is 6.04 Å². The lowest BCUT2D eigenvalue weighted by atomic mass is 9.98. The maximum Gasteiger partial charge on any atom is 0.279 e. The van der Waals surface area contributed by atoms with E-state index in [0.29, 0.717) is 6.54 Å². The van der Waals surface area contributed by atoms with E-state index < -0.39 is 0 Å². The van der Waals surface area contributed by atoms with Crippen LogP contribution in [-0.4, -0.2) is 19.0 Å². The Balaban J connectivity index is 1.56. The minimum absolute atomic E-state index is 0.117. The second kappa shape index (κ2) is 8.60. The van der Waals surface area contributed by atoms with Crippen LogP contribution in [0.25, 0.3) is 0 Å². The van der Waals surface area contributed by atoms with Gasteiger partial charge in [0, 0.05) is 22.5 Å². The molecule has 1 amide bonds. The predicted octanol–water partition coefficient (Wildman–Crippen LogP) is 4.10. The van der Waals surface area contributed by atoms with Gasteiger partial charge in [-0.15, -0.1) is 22.7 Å². The number of hydrogen-bond acceptors (Lipinski definition) is 3. The number of hydrogen-bond donors (Lipinski definition) is 2. The molecule has 3 heterocycles. The maximum atomic E-state index is 13.1. The molecule has 0 saturated carbocycles. The third-order valence-electron chi connectivity index (χ3n) is 5.65. The number of thiophene rings is 2. The van der Waals surface area contributed by atoms with Crippen LogP contribution in [0.1, 0.15) is 46.3 Å². The van der Waals surface area contributed by atoms with Crippen LogP contribution < -0.4 is 10.2 Å². The smallest absolute Gasteiger partial charge is 0.279 e. The fourth-order valence-corrected chi connectivity index (χ4v) is 6.06. The number of anilines is 1. The monoisotopic (exact) mass is 411 g/mol. The number of rotatable bonds is 6. The molecule has 0 fully saturated rings. The highest BCUT2D eigenvalue weighted by Crippen LogP contribution is 2.31. The van der Waals surface area contributed by atoms with Gasteiger partial charge in [-0.2, -0.15) is 0 Å². The molecule has 4 rings (SSSR count). The molecular weight excluding hydrogens is 384 g/mol. The second-order valence-corrected chi connectivity index (χ2v) is 9.27. The van der Waals surface area contributed by atoms with Gasteiger partial charge in [-0.05, 0) is 46.9 Å². The highest BCUT2D eigenvalue weighted by Gasteiger charge is 2.35. The van der Waals surface area contributed by atoms with Crippen molar-refractivity contribution in [2.45, 2.75) is 39.2 Å². The Morgan fingerprint density at radius 2 is 1.86 bits per heavy atom. The molecule has 3 aromatic rings. The summed E-state index contributed by atoms with van der Waals surface area (Å²) in [6.45, 7) is 5.79. The summed E-state index contributed by atoms with van der Waals surface area (Å²) in [5.74, 6) is 0.117. The third kappa shape index (κ3) is 3.79. The highest BCUT2D eigenvalue weighted by molar-refractivity contribution is 7.10. The molecule has 3 nitrogen and oxygen atoms in total. The number of quaternary nitrogens is 1. The molecule has 1 unspecified atom stereocenters. The highest BCUT2D eigenvalue weighted by atomic mass is 32.1. The molecule has 2 aromatic heterocycles. The molecule has 0 spiro atoms. The standard InChI is InChI=1S/C23H26N2OS2/c1-3-16-7-5-8-17(4-2)22(16)24-21(26)15-25-12-10-19-18(11-14-28-19)23(25)20-9-6-13-27-20/h5-9,11,13-14,23H,3-4,10,12,15H2,1-2H3,(H,24,26)/p+1/t23-/m0/s1. The molecule has 0 bridgehead atoms. The van der Waals surface area contributed by atoms with Crippen LogP contribution >= 0.6 is 22.7 Å². The van der Waals surface area contributed by atoms with Crippen molar-refractivity contribution in [3.8, 4) is 0 Å². The lowest BCUT2D eigenvalue weighted by molar-refractivity contribution is -0.919. The van der Waals surface area contributed by atoms with E-state index >= 15 is 0 Å². The van der Waals surface area contributed by atoms with Crippen molar-refractivity contribution in [1.29, 1.82) is 0 Å². The summed E-state index contributed by atoms with van der Waals surface area (Å²) < 4.78 is 0. The first-order valence-corrected chi connectivity index (χ1v) is 11.8. The molecule has 0 saturated heterocycles. The number of aryl methyl sites for hydroxylation is 2. The third-order valence-corrected chi connectivity index (χ3v) is 7.58. The molecule has 1 aliphatic rings. The van der Waals surface area contributed by atoms with Gasteiger partial charge in [0.25, 0.3) is 5.91 Å². The number of amides is 1. The first-order valence-electron chi connectivity index (χ1n) is 10.1. The summed E-state index contributed by atoms with van der Waals surface area (Å²) in [5, 5.41) is 7.59. The summed E-state index contributed by atoms with van der Waals surface area (Å²) in [5.41, 5.74) is 4.87. The zero-order valence-electron chi connectivity index (χ0n) is 16.5. The van der Waals surface area contributed by atoms with Crippen molar-refractivity contribution < 1.29 is 9.69 Å². The van der Waals surface area contributed by atoms with Gasteiger partial charge in [-0.3, -0.25) is 4.79 Å². The molecule has 146 valence electrons. The van der Waals surface area contributed by atoms with Crippen LogP contribution in [0, 0.1) is 0 Å². The van der Waals surface area contributed by atoms with Crippen molar-refractivity contribution in [3.63, 3.8) is 0 Å². The van der Waals surface area contributed by atoms with Crippen molar-refractivity contribution in [3.05, 3.63) is 73.6 Å².